The maximum atomic E-state index is 13.5. The van der Waals surface area contributed by atoms with Gasteiger partial charge in [0, 0.05) is 17.1 Å². The largest absolute Gasteiger partial charge is 0.268 e. The van der Waals surface area contributed by atoms with Crippen LogP contribution in [-0.4, -0.2) is 15.3 Å². The number of aryl methyl sites for hydroxylation is 3. The number of unbranched alkanes of at least 4 members (excludes halogenated alkanes) is 2. The van der Waals surface area contributed by atoms with Crippen molar-refractivity contribution in [2.24, 2.45) is 0 Å². The molecule has 138 valence electrons. The molecule has 0 aliphatic heterocycles. The average Bonchev–Trinajstić information content (AvgIpc) is 3.23. The summed E-state index contributed by atoms with van der Waals surface area (Å²) in [7, 11) is 0. The normalized spacial score (nSPS) is 13.0. The maximum Gasteiger partial charge on any atom is 0.267 e. The van der Waals surface area contributed by atoms with Crippen molar-refractivity contribution in [3.8, 4) is 11.8 Å². The van der Waals surface area contributed by atoms with Crippen LogP contribution in [-0.2, 0) is 12.8 Å². The maximum absolute atomic E-state index is 13.5. The van der Waals surface area contributed by atoms with Gasteiger partial charge in [-0.25, -0.2) is 4.98 Å². The molecular formula is C21H21N3OS2. The lowest BCUT2D eigenvalue weighted by Gasteiger charge is -2.12. The number of rotatable bonds is 6. The first kappa shape index (κ1) is 18.3. The number of nitriles is 1. The number of hydrogen-bond donors (Lipinski definition) is 0. The summed E-state index contributed by atoms with van der Waals surface area (Å²) in [4.78, 5) is 20.6. The highest BCUT2D eigenvalue weighted by Gasteiger charge is 2.23. The van der Waals surface area contributed by atoms with Crippen LogP contribution in [0.15, 0.2) is 34.2 Å². The van der Waals surface area contributed by atoms with Crippen molar-refractivity contribution in [3.63, 3.8) is 0 Å². The molecule has 0 fully saturated rings. The molecule has 1 aromatic carbocycles. The summed E-state index contributed by atoms with van der Waals surface area (Å²) in [6.45, 7) is 2.05. The summed E-state index contributed by atoms with van der Waals surface area (Å²) in [5, 5.41) is 10.3. The van der Waals surface area contributed by atoms with Gasteiger partial charge in [-0.15, -0.1) is 11.3 Å². The van der Waals surface area contributed by atoms with E-state index in [0.717, 1.165) is 58.9 Å². The standard InChI is InChI=1S/C21H21N3OS2/c1-14-8-10-15(11-9-14)24-20(25)18-16-6-5-7-17(16)27-19(18)23-21(24)26-13-4-2-3-12-22/h8-11H,2-7,13H2,1H3. The second-order valence-electron chi connectivity index (χ2n) is 6.87. The summed E-state index contributed by atoms with van der Waals surface area (Å²) in [5.74, 6) is 0.858. The van der Waals surface area contributed by atoms with Crippen LogP contribution >= 0.6 is 23.1 Å². The molecule has 0 radical (unpaired) electrons. The summed E-state index contributed by atoms with van der Waals surface area (Å²) >= 11 is 3.30. The van der Waals surface area contributed by atoms with Crippen LogP contribution in [0.2, 0.25) is 0 Å². The van der Waals surface area contributed by atoms with Crippen molar-refractivity contribution in [2.75, 3.05) is 5.75 Å². The molecule has 0 spiro atoms. The van der Waals surface area contributed by atoms with Gasteiger partial charge in [0.25, 0.3) is 5.56 Å². The number of thiophene rings is 1. The molecule has 4 nitrogen and oxygen atoms in total. The Labute approximate surface area is 166 Å². The van der Waals surface area contributed by atoms with Gasteiger partial charge in [0.1, 0.15) is 4.83 Å². The average molecular weight is 396 g/mol. The van der Waals surface area contributed by atoms with Crippen LogP contribution < -0.4 is 5.56 Å². The Kier molecular flexibility index (Phi) is 5.33. The SMILES string of the molecule is Cc1ccc(-n2c(SCCCCC#N)nc3sc4c(c3c2=O)CCC4)cc1. The molecule has 0 saturated heterocycles. The third-order valence-electron chi connectivity index (χ3n) is 4.91. The zero-order valence-electron chi connectivity index (χ0n) is 15.3. The van der Waals surface area contributed by atoms with E-state index in [1.54, 1.807) is 27.7 Å². The van der Waals surface area contributed by atoms with E-state index < -0.39 is 0 Å². The van der Waals surface area contributed by atoms with E-state index in [1.165, 1.54) is 16.0 Å². The quantitative estimate of drug-likeness (QED) is 0.334. The molecule has 27 heavy (non-hydrogen) atoms. The predicted octanol–water partition coefficient (Wildman–Crippen LogP) is 5.03. The molecule has 2 aromatic heterocycles. The van der Waals surface area contributed by atoms with Crippen molar-refractivity contribution in [1.82, 2.24) is 9.55 Å². The summed E-state index contributed by atoms with van der Waals surface area (Å²) in [6.07, 6.45) is 5.60. The second kappa shape index (κ2) is 7.87. The number of aromatic nitrogens is 2. The Morgan fingerprint density at radius 1 is 1.26 bits per heavy atom. The predicted molar refractivity (Wildman–Crippen MR) is 112 cm³/mol. The Morgan fingerprint density at radius 3 is 2.85 bits per heavy atom. The molecule has 1 aliphatic rings. The Bertz CT molecular complexity index is 1070. The van der Waals surface area contributed by atoms with Crippen LogP contribution in [0, 0.1) is 18.3 Å². The van der Waals surface area contributed by atoms with E-state index >= 15 is 0 Å². The molecule has 3 aromatic rings. The topological polar surface area (TPSA) is 58.7 Å². The van der Waals surface area contributed by atoms with E-state index in [1.807, 2.05) is 31.2 Å². The molecule has 0 N–H and O–H groups in total. The molecule has 1 aliphatic carbocycles. The fraction of sp³-hybridized carbons (Fsp3) is 0.381. The Balaban J connectivity index is 1.79. The van der Waals surface area contributed by atoms with Gasteiger partial charge in [-0.3, -0.25) is 9.36 Å². The van der Waals surface area contributed by atoms with Gasteiger partial charge in [0.2, 0.25) is 0 Å². The molecule has 0 unspecified atom stereocenters. The van der Waals surface area contributed by atoms with E-state index in [0.29, 0.717) is 6.42 Å². The van der Waals surface area contributed by atoms with Gasteiger partial charge in [-0.2, -0.15) is 5.26 Å². The number of hydrogen-bond acceptors (Lipinski definition) is 5. The van der Waals surface area contributed by atoms with Gasteiger partial charge < -0.3 is 0 Å². The van der Waals surface area contributed by atoms with Crippen molar-refractivity contribution >= 4 is 33.3 Å². The first-order chi connectivity index (χ1) is 13.2. The lowest BCUT2D eigenvalue weighted by Crippen LogP contribution is -2.22. The highest BCUT2D eigenvalue weighted by molar-refractivity contribution is 7.99. The van der Waals surface area contributed by atoms with Crippen LogP contribution in [0.3, 0.4) is 0 Å². The summed E-state index contributed by atoms with van der Waals surface area (Å²) < 4.78 is 1.78. The zero-order chi connectivity index (χ0) is 18.8. The minimum atomic E-state index is 0.0581. The number of fused-ring (bicyclic) bond motifs is 3. The van der Waals surface area contributed by atoms with Gasteiger partial charge in [-0.05, 0) is 56.7 Å². The van der Waals surface area contributed by atoms with E-state index in [4.69, 9.17) is 10.2 Å². The highest BCUT2D eigenvalue weighted by Crippen LogP contribution is 2.36. The monoisotopic (exact) mass is 395 g/mol. The minimum absolute atomic E-state index is 0.0581. The van der Waals surface area contributed by atoms with Gasteiger partial charge >= 0.3 is 0 Å². The van der Waals surface area contributed by atoms with Crippen molar-refractivity contribution < 1.29 is 0 Å². The van der Waals surface area contributed by atoms with Gasteiger partial charge in [0.15, 0.2) is 5.16 Å². The second-order valence-corrected chi connectivity index (χ2v) is 9.02. The zero-order valence-corrected chi connectivity index (χ0v) is 17.0. The molecule has 0 bridgehead atoms. The van der Waals surface area contributed by atoms with E-state index in [9.17, 15) is 4.79 Å². The van der Waals surface area contributed by atoms with E-state index in [-0.39, 0.29) is 5.56 Å². The van der Waals surface area contributed by atoms with E-state index in [2.05, 4.69) is 6.07 Å². The van der Waals surface area contributed by atoms with Crippen LogP contribution in [0.1, 0.15) is 41.7 Å². The Morgan fingerprint density at radius 2 is 2.07 bits per heavy atom. The summed E-state index contributed by atoms with van der Waals surface area (Å²) in [5.41, 5.74) is 3.32. The van der Waals surface area contributed by atoms with Crippen LogP contribution in [0.4, 0.5) is 0 Å². The third kappa shape index (κ3) is 3.54. The van der Waals surface area contributed by atoms with Gasteiger partial charge in [0.05, 0.1) is 17.1 Å². The minimum Gasteiger partial charge on any atom is -0.268 e. The summed E-state index contributed by atoms with van der Waals surface area (Å²) in [6, 6.07) is 10.2. The van der Waals surface area contributed by atoms with Crippen molar-refractivity contribution in [2.45, 2.75) is 50.6 Å². The number of benzene rings is 1. The molecule has 4 rings (SSSR count). The van der Waals surface area contributed by atoms with Crippen LogP contribution in [0.25, 0.3) is 15.9 Å². The lowest BCUT2D eigenvalue weighted by atomic mass is 10.2. The molecule has 0 saturated carbocycles. The highest BCUT2D eigenvalue weighted by atomic mass is 32.2. The first-order valence-corrected chi connectivity index (χ1v) is 11.1. The molecule has 6 heteroatoms. The Hall–Kier alpha value is -2.10. The molecule has 0 atom stereocenters. The van der Waals surface area contributed by atoms with Crippen molar-refractivity contribution in [1.29, 1.82) is 5.26 Å². The molecule has 0 amide bonds. The fourth-order valence-electron chi connectivity index (χ4n) is 3.51. The lowest BCUT2D eigenvalue weighted by molar-refractivity contribution is 0.804. The molecular weight excluding hydrogens is 374 g/mol. The van der Waals surface area contributed by atoms with Crippen LogP contribution in [0.5, 0.6) is 0 Å². The number of nitrogens with zero attached hydrogens (tertiary/aromatic N) is 3. The third-order valence-corrected chi connectivity index (χ3v) is 7.12. The molecule has 2 heterocycles. The van der Waals surface area contributed by atoms with Crippen molar-refractivity contribution in [3.05, 3.63) is 50.6 Å². The first-order valence-electron chi connectivity index (χ1n) is 9.33. The van der Waals surface area contributed by atoms with Gasteiger partial charge in [-0.1, -0.05) is 29.5 Å². The smallest absolute Gasteiger partial charge is 0.267 e. The number of thioether (sulfide) groups is 1. The fourth-order valence-corrected chi connectivity index (χ4v) is 5.83.